The Morgan fingerprint density at radius 3 is 2.70 bits per heavy atom. The predicted octanol–water partition coefficient (Wildman–Crippen LogP) is 2.57. The van der Waals surface area contributed by atoms with E-state index >= 15 is 0 Å². The first-order valence-electron chi connectivity index (χ1n) is 6.47. The Hall–Kier alpha value is -1.26. The molecule has 2 atom stereocenters. The Balaban J connectivity index is 2.19. The summed E-state index contributed by atoms with van der Waals surface area (Å²) in [6, 6.07) is 4.82. The lowest BCUT2D eigenvalue weighted by atomic mass is 9.98. The number of primary amides is 1. The number of likely N-dealkylation sites (tertiary alicyclic amines) is 1. The van der Waals surface area contributed by atoms with Crippen molar-refractivity contribution in [1.29, 1.82) is 0 Å². The number of amides is 2. The number of halogens is 2. The molecule has 2 rings (SSSR count). The number of hydrogen-bond acceptors (Lipinski definition) is 2. The van der Waals surface area contributed by atoms with Gasteiger partial charge in [0, 0.05) is 18.9 Å². The van der Waals surface area contributed by atoms with Crippen LogP contribution >= 0.6 is 23.2 Å². The fourth-order valence-corrected chi connectivity index (χ4v) is 2.90. The molecule has 0 aromatic heterocycles. The highest BCUT2D eigenvalue weighted by Gasteiger charge is 2.36. The maximum absolute atomic E-state index is 12.1. The molecule has 2 amide bonds. The van der Waals surface area contributed by atoms with Crippen LogP contribution in [0.5, 0.6) is 0 Å². The van der Waals surface area contributed by atoms with Crippen molar-refractivity contribution in [3.8, 4) is 0 Å². The van der Waals surface area contributed by atoms with Crippen LogP contribution < -0.4 is 5.73 Å². The normalized spacial score (nSPS) is 20.2. The molecule has 0 radical (unpaired) electrons. The molecule has 4 nitrogen and oxygen atoms in total. The summed E-state index contributed by atoms with van der Waals surface area (Å²) in [6.45, 7) is 2.33. The molecule has 1 aromatic carbocycles. The summed E-state index contributed by atoms with van der Waals surface area (Å²) in [6.07, 6.45) is 0.886. The van der Waals surface area contributed by atoms with E-state index in [0.717, 1.165) is 5.56 Å². The minimum Gasteiger partial charge on any atom is -0.368 e. The van der Waals surface area contributed by atoms with E-state index < -0.39 is 11.9 Å². The Bertz CT molecular complexity index is 548. The van der Waals surface area contributed by atoms with Crippen LogP contribution in [0, 0.1) is 0 Å². The third-order valence-corrected chi connectivity index (χ3v) is 4.40. The molecule has 1 heterocycles. The lowest BCUT2D eigenvalue weighted by molar-refractivity contribution is -0.136. The number of carbonyl (C=O) groups is 2. The Kier molecular flexibility index (Phi) is 4.55. The fraction of sp³-hybridized carbons (Fsp3) is 0.429. The molecule has 2 N–H and O–H groups in total. The summed E-state index contributed by atoms with van der Waals surface area (Å²) >= 11 is 11.9. The van der Waals surface area contributed by atoms with E-state index in [-0.39, 0.29) is 11.8 Å². The van der Waals surface area contributed by atoms with Gasteiger partial charge in [0.25, 0.3) is 0 Å². The standard InChI is InChI=1S/C14H16Cl2N2O2/c1-2-12(14(17)20)18-7-9(6-13(18)19)8-3-4-10(15)11(16)5-8/h3-5,9,12H,2,6-7H2,1H3,(H2,17,20). The lowest BCUT2D eigenvalue weighted by Gasteiger charge is -2.24. The van der Waals surface area contributed by atoms with Gasteiger partial charge in [-0.05, 0) is 24.1 Å². The number of benzene rings is 1. The molecule has 0 bridgehead atoms. The molecule has 1 saturated heterocycles. The fourth-order valence-electron chi connectivity index (χ4n) is 2.60. The maximum atomic E-state index is 12.1. The molecule has 1 fully saturated rings. The SMILES string of the molecule is CCC(C(N)=O)N1CC(c2ccc(Cl)c(Cl)c2)CC1=O. The van der Waals surface area contributed by atoms with E-state index in [1.54, 1.807) is 17.0 Å². The van der Waals surface area contributed by atoms with E-state index in [0.29, 0.717) is 29.4 Å². The van der Waals surface area contributed by atoms with Gasteiger partial charge < -0.3 is 10.6 Å². The number of hydrogen-bond donors (Lipinski definition) is 1. The largest absolute Gasteiger partial charge is 0.368 e. The van der Waals surface area contributed by atoms with E-state index in [1.807, 2.05) is 13.0 Å². The maximum Gasteiger partial charge on any atom is 0.240 e. The first-order chi connectivity index (χ1) is 9.43. The second kappa shape index (κ2) is 6.02. The van der Waals surface area contributed by atoms with Crippen LogP contribution in [-0.2, 0) is 9.59 Å². The zero-order valence-corrected chi connectivity index (χ0v) is 12.6. The number of rotatable bonds is 4. The van der Waals surface area contributed by atoms with Gasteiger partial charge in [-0.3, -0.25) is 9.59 Å². The zero-order valence-electron chi connectivity index (χ0n) is 11.1. The van der Waals surface area contributed by atoms with E-state index in [2.05, 4.69) is 0 Å². The molecule has 0 spiro atoms. The third-order valence-electron chi connectivity index (χ3n) is 3.66. The summed E-state index contributed by atoms with van der Waals surface area (Å²) < 4.78 is 0. The first-order valence-corrected chi connectivity index (χ1v) is 7.23. The molecule has 0 saturated carbocycles. The van der Waals surface area contributed by atoms with Gasteiger partial charge in [-0.15, -0.1) is 0 Å². The van der Waals surface area contributed by atoms with Crippen LogP contribution in [0.2, 0.25) is 10.0 Å². The van der Waals surface area contributed by atoms with E-state index in [1.165, 1.54) is 0 Å². The van der Waals surface area contributed by atoms with Gasteiger partial charge in [-0.1, -0.05) is 36.2 Å². The minimum atomic E-state index is -0.532. The third kappa shape index (κ3) is 2.91. The van der Waals surface area contributed by atoms with Crippen LogP contribution in [-0.4, -0.2) is 29.3 Å². The summed E-state index contributed by atoms with van der Waals surface area (Å²) in [5.74, 6) is -0.493. The first kappa shape index (κ1) is 15.1. The molecule has 1 aliphatic rings. The highest BCUT2D eigenvalue weighted by Crippen LogP contribution is 2.33. The molecule has 2 unspecified atom stereocenters. The minimum absolute atomic E-state index is 0.0191. The van der Waals surface area contributed by atoms with Gasteiger partial charge in [0.15, 0.2) is 0 Å². The van der Waals surface area contributed by atoms with Gasteiger partial charge in [0.2, 0.25) is 11.8 Å². The number of nitrogens with zero attached hydrogens (tertiary/aromatic N) is 1. The average Bonchev–Trinajstić information content (AvgIpc) is 2.76. The van der Waals surface area contributed by atoms with Crippen molar-refractivity contribution in [2.75, 3.05) is 6.54 Å². The van der Waals surface area contributed by atoms with Crippen molar-refractivity contribution < 1.29 is 9.59 Å². The van der Waals surface area contributed by atoms with Crippen LogP contribution in [0.25, 0.3) is 0 Å². The lowest BCUT2D eigenvalue weighted by Crippen LogP contribution is -2.45. The van der Waals surface area contributed by atoms with Crippen LogP contribution in [0.4, 0.5) is 0 Å². The van der Waals surface area contributed by atoms with Crippen molar-refractivity contribution in [3.63, 3.8) is 0 Å². The highest BCUT2D eigenvalue weighted by molar-refractivity contribution is 6.42. The van der Waals surface area contributed by atoms with Crippen molar-refractivity contribution >= 4 is 35.0 Å². The summed E-state index contributed by atoms with van der Waals surface area (Å²) in [5.41, 5.74) is 6.30. The van der Waals surface area contributed by atoms with Gasteiger partial charge >= 0.3 is 0 Å². The molecule has 1 aliphatic heterocycles. The van der Waals surface area contributed by atoms with Crippen LogP contribution in [0.1, 0.15) is 31.2 Å². The molecule has 6 heteroatoms. The Morgan fingerprint density at radius 1 is 1.45 bits per heavy atom. The van der Waals surface area contributed by atoms with E-state index in [9.17, 15) is 9.59 Å². The molecular weight excluding hydrogens is 299 g/mol. The van der Waals surface area contributed by atoms with Crippen molar-refractivity contribution in [2.24, 2.45) is 5.73 Å². The van der Waals surface area contributed by atoms with Crippen LogP contribution in [0.3, 0.4) is 0 Å². The quantitative estimate of drug-likeness (QED) is 0.928. The average molecular weight is 315 g/mol. The van der Waals surface area contributed by atoms with Crippen molar-refractivity contribution in [1.82, 2.24) is 4.90 Å². The van der Waals surface area contributed by atoms with Crippen LogP contribution in [0.15, 0.2) is 18.2 Å². The van der Waals surface area contributed by atoms with Gasteiger partial charge in [-0.25, -0.2) is 0 Å². The number of nitrogens with two attached hydrogens (primary N) is 1. The Morgan fingerprint density at radius 2 is 2.15 bits per heavy atom. The molecule has 0 aliphatic carbocycles. The van der Waals surface area contributed by atoms with Gasteiger partial charge in [-0.2, -0.15) is 0 Å². The summed E-state index contributed by atoms with van der Waals surface area (Å²) in [7, 11) is 0. The predicted molar refractivity (Wildman–Crippen MR) is 78.8 cm³/mol. The summed E-state index contributed by atoms with van der Waals surface area (Å²) in [4.78, 5) is 25.0. The van der Waals surface area contributed by atoms with Gasteiger partial charge in [0.05, 0.1) is 10.0 Å². The second-order valence-corrected chi connectivity index (χ2v) is 5.76. The second-order valence-electron chi connectivity index (χ2n) is 4.95. The zero-order chi connectivity index (χ0) is 14.9. The van der Waals surface area contributed by atoms with Crippen molar-refractivity contribution in [2.45, 2.75) is 31.7 Å². The van der Waals surface area contributed by atoms with E-state index in [4.69, 9.17) is 28.9 Å². The molecule has 1 aromatic rings. The van der Waals surface area contributed by atoms with Crippen molar-refractivity contribution in [3.05, 3.63) is 33.8 Å². The molecule has 20 heavy (non-hydrogen) atoms. The molecule has 108 valence electrons. The molecular formula is C14H16Cl2N2O2. The smallest absolute Gasteiger partial charge is 0.240 e. The highest BCUT2D eigenvalue weighted by atomic mass is 35.5. The summed E-state index contributed by atoms with van der Waals surface area (Å²) in [5, 5.41) is 0.956. The monoisotopic (exact) mass is 314 g/mol. The Labute approximate surface area is 127 Å². The topological polar surface area (TPSA) is 63.4 Å². The van der Waals surface area contributed by atoms with Gasteiger partial charge in [0.1, 0.15) is 6.04 Å². The number of carbonyl (C=O) groups excluding carboxylic acids is 2.